The molecular formula is C23H32N2O5. The van der Waals surface area contributed by atoms with E-state index < -0.39 is 12.1 Å². The van der Waals surface area contributed by atoms with Gasteiger partial charge in [0.25, 0.3) is 0 Å². The van der Waals surface area contributed by atoms with Crippen LogP contribution >= 0.6 is 0 Å². The predicted molar refractivity (Wildman–Crippen MR) is 114 cm³/mol. The summed E-state index contributed by atoms with van der Waals surface area (Å²) in [7, 11) is 3.49. The fourth-order valence-corrected chi connectivity index (χ4v) is 3.28. The standard InChI is InChI=1S/C23H32N2O5/c1-17(2)13-21(26)20(14-24(3)4)22(27)29-16-19-11-8-12-25(19)23(28)30-15-18-9-6-5-7-10-18/h5-7,9-10,14,17,19H,8,11-13,15-16H2,1-4H3/b20-14-. The summed E-state index contributed by atoms with van der Waals surface area (Å²) in [4.78, 5) is 40.7. The molecule has 0 N–H and O–H groups in total. The Kier molecular flexibility index (Phi) is 8.89. The summed E-state index contributed by atoms with van der Waals surface area (Å²) in [6.45, 7) is 4.64. The molecule has 1 heterocycles. The summed E-state index contributed by atoms with van der Waals surface area (Å²) in [5.41, 5.74) is 0.944. The van der Waals surface area contributed by atoms with Crippen LogP contribution in [0.25, 0.3) is 0 Å². The van der Waals surface area contributed by atoms with E-state index in [9.17, 15) is 14.4 Å². The van der Waals surface area contributed by atoms with Crippen LogP contribution in [0.2, 0.25) is 0 Å². The van der Waals surface area contributed by atoms with Gasteiger partial charge in [0, 0.05) is 33.3 Å². The third-order valence-corrected chi connectivity index (χ3v) is 4.72. The number of ether oxygens (including phenoxy) is 2. The Hall–Kier alpha value is -2.83. The van der Waals surface area contributed by atoms with Gasteiger partial charge in [0.05, 0.1) is 6.04 Å². The van der Waals surface area contributed by atoms with Crippen LogP contribution < -0.4 is 0 Å². The van der Waals surface area contributed by atoms with Crippen LogP contribution in [-0.2, 0) is 25.7 Å². The number of carbonyl (C=O) groups excluding carboxylic acids is 3. The van der Waals surface area contributed by atoms with Crippen LogP contribution in [0.1, 0.15) is 38.7 Å². The molecule has 30 heavy (non-hydrogen) atoms. The van der Waals surface area contributed by atoms with E-state index in [1.165, 1.54) is 6.20 Å². The molecule has 1 amide bonds. The van der Waals surface area contributed by atoms with E-state index in [1.807, 2.05) is 44.2 Å². The Balaban J connectivity index is 1.92. The second-order valence-corrected chi connectivity index (χ2v) is 8.16. The van der Waals surface area contributed by atoms with Crippen molar-refractivity contribution in [1.82, 2.24) is 9.80 Å². The summed E-state index contributed by atoms with van der Waals surface area (Å²) < 4.78 is 10.8. The van der Waals surface area contributed by atoms with E-state index in [2.05, 4.69) is 0 Å². The third kappa shape index (κ3) is 7.21. The zero-order valence-electron chi connectivity index (χ0n) is 18.3. The summed E-state index contributed by atoms with van der Waals surface area (Å²) in [6, 6.07) is 9.22. The second-order valence-electron chi connectivity index (χ2n) is 8.16. The van der Waals surface area contributed by atoms with Crippen molar-refractivity contribution in [3.8, 4) is 0 Å². The molecule has 164 valence electrons. The molecule has 1 aromatic carbocycles. The Morgan fingerprint density at radius 1 is 1.17 bits per heavy atom. The Morgan fingerprint density at radius 2 is 1.87 bits per heavy atom. The van der Waals surface area contributed by atoms with Gasteiger partial charge in [-0.2, -0.15) is 0 Å². The molecule has 1 atom stereocenters. The van der Waals surface area contributed by atoms with Gasteiger partial charge in [-0.3, -0.25) is 4.79 Å². The van der Waals surface area contributed by atoms with E-state index >= 15 is 0 Å². The Bertz CT molecular complexity index is 758. The lowest BCUT2D eigenvalue weighted by atomic mass is 10.0. The summed E-state index contributed by atoms with van der Waals surface area (Å²) in [5.74, 6) is -0.756. The number of benzene rings is 1. The number of Topliss-reactive ketones (excluding diaryl/α,β-unsaturated/α-hetero) is 1. The first-order valence-corrected chi connectivity index (χ1v) is 10.3. The number of likely N-dealkylation sites (tertiary alicyclic amines) is 1. The van der Waals surface area contributed by atoms with Crippen LogP contribution in [0.3, 0.4) is 0 Å². The molecule has 0 spiro atoms. The zero-order chi connectivity index (χ0) is 22.1. The molecule has 1 aliphatic heterocycles. The van der Waals surface area contributed by atoms with Crippen molar-refractivity contribution in [3.05, 3.63) is 47.7 Å². The molecule has 0 aliphatic carbocycles. The van der Waals surface area contributed by atoms with Crippen LogP contribution in [-0.4, -0.2) is 60.9 Å². The maximum atomic E-state index is 12.6. The third-order valence-electron chi connectivity index (χ3n) is 4.72. The minimum absolute atomic E-state index is 0.0323. The molecule has 1 aromatic rings. The number of hydrogen-bond donors (Lipinski definition) is 0. The molecule has 0 bridgehead atoms. The average Bonchev–Trinajstić information content (AvgIpc) is 3.17. The van der Waals surface area contributed by atoms with Crippen LogP contribution in [0.15, 0.2) is 42.1 Å². The number of amides is 1. The van der Waals surface area contributed by atoms with Crippen LogP contribution in [0, 0.1) is 5.92 Å². The molecule has 7 nitrogen and oxygen atoms in total. The van der Waals surface area contributed by atoms with Gasteiger partial charge < -0.3 is 19.3 Å². The molecule has 1 aliphatic rings. The second kappa shape index (κ2) is 11.4. The average molecular weight is 417 g/mol. The normalized spacial score (nSPS) is 16.5. The van der Waals surface area contributed by atoms with Gasteiger partial charge in [-0.25, -0.2) is 9.59 Å². The molecule has 1 saturated heterocycles. The summed E-state index contributed by atoms with van der Waals surface area (Å²) in [5, 5.41) is 0. The first kappa shape index (κ1) is 23.4. The molecule has 1 fully saturated rings. The monoisotopic (exact) mass is 416 g/mol. The zero-order valence-corrected chi connectivity index (χ0v) is 18.3. The first-order valence-electron chi connectivity index (χ1n) is 10.3. The number of nitrogens with zero attached hydrogens (tertiary/aromatic N) is 2. The van der Waals surface area contributed by atoms with Gasteiger partial charge >= 0.3 is 12.1 Å². The van der Waals surface area contributed by atoms with Crippen molar-refractivity contribution in [2.45, 2.75) is 45.8 Å². The van der Waals surface area contributed by atoms with Crippen LogP contribution in [0.5, 0.6) is 0 Å². The molecule has 7 heteroatoms. The molecule has 1 unspecified atom stereocenters. The van der Waals surface area contributed by atoms with Gasteiger partial charge in [-0.1, -0.05) is 44.2 Å². The Morgan fingerprint density at radius 3 is 2.50 bits per heavy atom. The minimum Gasteiger partial charge on any atom is -0.460 e. The molecule has 0 aromatic heterocycles. The minimum atomic E-state index is -0.654. The van der Waals surface area contributed by atoms with Crippen molar-refractivity contribution < 1.29 is 23.9 Å². The van der Waals surface area contributed by atoms with Crippen molar-refractivity contribution in [1.29, 1.82) is 0 Å². The number of ketones is 1. The summed E-state index contributed by atoms with van der Waals surface area (Å²) >= 11 is 0. The number of hydrogen-bond acceptors (Lipinski definition) is 6. The first-order chi connectivity index (χ1) is 14.3. The van der Waals surface area contributed by atoms with Gasteiger partial charge in [-0.05, 0) is 24.3 Å². The van der Waals surface area contributed by atoms with E-state index in [0.717, 1.165) is 18.4 Å². The van der Waals surface area contributed by atoms with Crippen molar-refractivity contribution in [2.75, 3.05) is 27.2 Å². The largest absolute Gasteiger partial charge is 0.460 e. The highest BCUT2D eigenvalue weighted by molar-refractivity contribution is 6.17. The van der Waals surface area contributed by atoms with Crippen molar-refractivity contribution >= 4 is 17.8 Å². The van der Waals surface area contributed by atoms with Gasteiger partial charge in [0.2, 0.25) is 0 Å². The highest BCUT2D eigenvalue weighted by Gasteiger charge is 2.32. The molecular weight excluding hydrogens is 384 g/mol. The maximum Gasteiger partial charge on any atom is 0.410 e. The lowest BCUT2D eigenvalue weighted by Crippen LogP contribution is -2.39. The van der Waals surface area contributed by atoms with E-state index in [1.54, 1.807) is 23.9 Å². The van der Waals surface area contributed by atoms with Gasteiger partial charge in [-0.15, -0.1) is 0 Å². The number of esters is 1. The summed E-state index contributed by atoms with van der Waals surface area (Å²) in [6.07, 6.45) is 2.89. The van der Waals surface area contributed by atoms with Crippen molar-refractivity contribution in [3.63, 3.8) is 0 Å². The number of carbonyl (C=O) groups is 3. The molecule has 0 radical (unpaired) electrons. The SMILES string of the molecule is CC(C)CC(=O)/C(=C/N(C)C)C(=O)OCC1CCCN1C(=O)OCc1ccccc1. The maximum absolute atomic E-state index is 12.6. The lowest BCUT2D eigenvalue weighted by molar-refractivity contribution is -0.142. The molecule has 2 rings (SSSR count). The Labute approximate surface area is 178 Å². The quantitative estimate of drug-likeness (QED) is 0.266. The van der Waals surface area contributed by atoms with E-state index in [-0.39, 0.29) is 43.0 Å². The van der Waals surface area contributed by atoms with Crippen molar-refractivity contribution in [2.24, 2.45) is 5.92 Å². The van der Waals surface area contributed by atoms with Gasteiger partial charge in [0.1, 0.15) is 18.8 Å². The fraction of sp³-hybridized carbons (Fsp3) is 0.522. The topological polar surface area (TPSA) is 76.2 Å². The predicted octanol–water partition coefficient (Wildman–Crippen LogP) is 3.39. The fourth-order valence-electron chi connectivity index (χ4n) is 3.28. The lowest BCUT2D eigenvalue weighted by Gasteiger charge is -2.24. The van der Waals surface area contributed by atoms with E-state index in [4.69, 9.17) is 9.47 Å². The number of rotatable bonds is 9. The van der Waals surface area contributed by atoms with E-state index in [0.29, 0.717) is 6.54 Å². The highest BCUT2D eigenvalue weighted by Crippen LogP contribution is 2.20. The molecule has 0 saturated carbocycles. The smallest absolute Gasteiger partial charge is 0.410 e. The highest BCUT2D eigenvalue weighted by atomic mass is 16.6. The van der Waals surface area contributed by atoms with Gasteiger partial charge in [0.15, 0.2) is 5.78 Å². The van der Waals surface area contributed by atoms with Crippen LogP contribution in [0.4, 0.5) is 4.79 Å².